The van der Waals surface area contributed by atoms with E-state index >= 15 is 0 Å². The Morgan fingerprint density at radius 2 is 2.17 bits per heavy atom. The molecule has 6 heteroatoms. The van der Waals surface area contributed by atoms with E-state index in [1.807, 2.05) is 39.2 Å². The highest BCUT2D eigenvalue weighted by molar-refractivity contribution is 7.12. The minimum atomic E-state index is -0.0113. The number of amides is 2. The summed E-state index contributed by atoms with van der Waals surface area (Å²) in [5.74, 6) is 0.703. The van der Waals surface area contributed by atoms with Crippen molar-refractivity contribution >= 4 is 34.5 Å². The Balaban J connectivity index is 1.41. The summed E-state index contributed by atoms with van der Waals surface area (Å²) < 4.78 is 0. The summed E-state index contributed by atoms with van der Waals surface area (Å²) >= 11 is 3.07. The molecule has 1 aliphatic heterocycles. The number of nitrogens with zero attached hydrogens (tertiary/aromatic N) is 1. The van der Waals surface area contributed by atoms with Crippen LogP contribution in [0.5, 0.6) is 0 Å². The van der Waals surface area contributed by atoms with Crippen molar-refractivity contribution in [3.63, 3.8) is 0 Å². The zero-order valence-electron chi connectivity index (χ0n) is 12.6. The lowest BCUT2D eigenvalue weighted by Crippen LogP contribution is -2.52. The molecule has 2 aromatic heterocycles. The largest absolute Gasteiger partial charge is 0.347 e. The van der Waals surface area contributed by atoms with E-state index in [0.29, 0.717) is 12.3 Å². The maximum Gasteiger partial charge on any atom is 0.261 e. The third-order valence-electron chi connectivity index (χ3n) is 4.80. The number of fused-ring (bicyclic) bond motifs is 2. The first-order valence-corrected chi connectivity index (χ1v) is 9.68. The molecule has 1 saturated carbocycles. The number of piperidine rings is 1. The Bertz CT molecular complexity index is 696. The molecule has 2 fully saturated rings. The van der Waals surface area contributed by atoms with Crippen LogP contribution >= 0.6 is 22.7 Å². The third kappa shape index (κ3) is 2.93. The number of carbonyl (C=O) groups excluding carboxylic acids is 2. The second-order valence-corrected chi connectivity index (χ2v) is 8.04. The Labute approximate surface area is 143 Å². The Morgan fingerprint density at radius 3 is 2.87 bits per heavy atom. The highest BCUT2D eigenvalue weighted by atomic mass is 32.1. The maximum absolute atomic E-state index is 12.6. The van der Waals surface area contributed by atoms with Crippen LogP contribution in [0.3, 0.4) is 0 Å². The average Bonchev–Trinajstić information content (AvgIpc) is 3.31. The van der Waals surface area contributed by atoms with Gasteiger partial charge in [-0.1, -0.05) is 6.07 Å². The summed E-state index contributed by atoms with van der Waals surface area (Å²) in [4.78, 5) is 27.6. The average molecular weight is 346 g/mol. The van der Waals surface area contributed by atoms with Gasteiger partial charge in [0, 0.05) is 12.6 Å². The van der Waals surface area contributed by atoms with Gasteiger partial charge < -0.3 is 10.2 Å². The second kappa shape index (κ2) is 6.09. The van der Waals surface area contributed by atoms with Crippen LogP contribution < -0.4 is 5.32 Å². The van der Waals surface area contributed by atoms with Gasteiger partial charge in [0.1, 0.15) is 0 Å². The predicted octanol–water partition coefficient (Wildman–Crippen LogP) is 2.77. The van der Waals surface area contributed by atoms with Crippen LogP contribution in [0.15, 0.2) is 34.3 Å². The van der Waals surface area contributed by atoms with Gasteiger partial charge in [0.15, 0.2) is 0 Å². The van der Waals surface area contributed by atoms with Crippen LogP contribution in [-0.2, 0) is 11.2 Å². The van der Waals surface area contributed by atoms with E-state index < -0.39 is 0 Å². The molecule has 1 saturated heterocycles. The zero-order chi connectivity index (χ0) is 15.8. The molecule has 2 bridgehead atoms. The van der Waals surface area contributed by atoms with Crippen molar-refractivity contribution in [2.45, 2.75) is 31.3 Å². The van der Waals surface area contributed by atoms with E-state index in [-0.39, 0.29) is 23.9 Å². The SMILES string of the molecule is O=C(N[C@H]1C[C@@H]2C[C@H]1N(C(=O)Cc1ccsc1)C2)c1cccs1. The Hall–Kier alpha value is -1.66. The molecule has 4 nitrogen and oxygen atoms in total. The fraction of sp³-hybridized carbons (Fsp3) is 0.412. The third-order valence-corrected chi connectivity index (χ3v) is 6.40. The number of likely N-dealkylation sites (tertiary alicyclic amines) is 1. The number of carbonyl (C=O) groups is 2. The van der Waals surface area contributed by atoms with Crippen molar-refractivity contribution in [1.82, 2.24) is 10.2 Å². The van der Waals surface area contributed by atoms with E-state index in [2.05, 4.69) is 5.32 Å². The van der Waals surface area contributed by atoms with Gasteiger partial charge in [0.25, 0.3) is 5.91 Å². The lowest BCUT2D eigenvalue weighted by molar-refractivity contribution is -0.132. The molecule has 3 heterocycles. The second-order valence-electron chi connectivity index (χ2n) is 6.32. The molecule has 2 aliphatic rings. The highest BCUT2D eigenvalue weighted by Crippen LogP contribution is 2.38. The van der Waals surface area contributed by atoms with Crippen molar-refractivity contribution in [2.24, 2.45) is 5.92 Å². The zero-order valence-corrected chi connectivity index (χ0v) is 14.2. The smallest absolute Gasteiger partial charge is 0.261 e. The van der Waals surface area contributed by atoms with E-state index in [1.165, 1.54) is 11.3 Å². The Morgan fingerprint density at radius 1 is 1.26 bits per heavy atom. The van der Waals surface area contributed by atoms with E-state index in [4.69, 9.17) is 0 Å². The van der Waals surface area contributed by atoms with Gasteiger partial charge in [-0.05, 0) is 52.6 Å². The molecule has 0 aromatic carbocycles. The molecular formula is C17H18N2O2S2. The van der Waals surface area contributed by atoms with Gasteiger partial charge in [-0.2, -0.15) is 11.3 Å². The molecule has 0 radical (unpaired) electrons. The normalized spacial score (nSPS) is 25.7. The summed E-state index contributed by atoms with van der Waals surface area (Å²) in [6.07, 6.45) is 2.48. The Kier molecular flexibility index (Phi) is 3.95. The minimum absolute atomic E-state index is 0.0113. The first kappa shape index (κ1) is 14.9. The van der Waals surface area contributed by atoms with Crippen molar-refractivity contribution in [2.75, 3.05) is 6.54 Å². The van der Waals surface area contributed by atoms with Crippen LogP contribution in [0.4, 0.5) is 0 Å². The van der Waals surface area contributed by atoms with Crippen LogP contribution in [0.25, 0.3) is 0 Å². The van der Waals surface area contributed by atoms with Crippen molar-refractivity contribution in [1.29, 1.82) is 0 Å². The van der Waals surface area contributed by atoms with E-state index in [1.54, 1.807) is 11.3 Å². The summed E-state index contributed by atoms with van der Waals surface area (Å²) in [5, 5.41) is 9.08. The first-order valence-electron chi connectivity index (χ1n) is 7.85. The molecule has 3 atom stereocenters. The van der Waals surface area contributed by atoms with Crippen molar-refractivity contribution < 1.29 is 9.59 Å². The van der Waals surface area contributed by atoms with Crippen LogP contribution in [-0.4, -0.2) is 35.3 Å². The topological polar surface area (TPSA) is 49.4 Å². The molecule has 120 valence electrons. The van der Waals surface area contributed by atoms with Crippen LogP contribution in [0.2, 0.25) is 0 Å². The fourth-order valence-corrected chi connectivity index (χ4v) is 5.08. The van der Waals surface area contributed by atoms with Gasteiger partial charge >= 0.3 is 0 Å². The van der Waals surface area contributed by atoms with Gasteiger partial charge in [-0.15, -0.1) is 11.3 Å². The minimum Gasteiger partial charge on any atom is -0.347 e. The lowest BCUT2D eigenvalue weighted by atomic mass is 10.0. The standard InChI is InChI=1S/C17H18N2O2S2/c20-16(8-11-3-5-22-10-11)19-9-12-6-13(14(19)7-12)18-17(21)15-2-1-4-23-15/h1-5,10,12-14H,6-9H2,(H,18,21)/t12-,13+,14-/m1/s1. The molecular weight excluding hydrogens is 328 g/mol. The molecule has 23 heavy (non-hydrogen) atoms. The molecule has 4 rings (SSSR count). The van der Waals surface area contributed by atoms with Gasteiger partial charge in [-0.3, -0.25) is 9.59 Å². The molecule has 1 N–H and O–H groups in total. The summed E-state index contributed by atoms with van der Waals surface area (Å²) in [7, 11) is 0. The van der Waals surface area contributed by atoms with E-state index in [9.17, 15) is 9.59 Å². The van der Waals surface area contributed by atoms with Crippen LogP contribution in [0, 0.1) is 5.92 Å². The summed E-state index contributed by atoms with van der Waals surface area (Å²) in [6.45, 7) is 0.846. The molecule has 0 spiro atoms. The first-order chi connectivity index (χ1) is 11.2. The number of hydrogen-bond donors (Lipinski definition) is 1. The van der Waals surface area contributed by atoms with Crippen molar-refractivity contribution in [3.8, 4) is 0 Å². The number of nitrogens with one attached hydrogen (secondary N) is 1. The van der Waals surface area contributed by atoms with Crippen LogP contribution in [0.1, 0.15) is 28.1 Å². The van der Waals surface area contributed by atoms with E-state index in [0.717, 1.165) is 29.8 Å². The fourth-order valence-electron chi connectivity index (χ4n) is 3.78. The van der Waals surface area contributed by atoms with Gasteiger partial charge in [-0.25, -0.2) is 0 Å². The maximum atomic E-state index is 12.6. The summed E-state index contributed by atoms with van der Waals surface area (Å²) in [5.41, 5.74) is 1.09. The molecule has 0 unspecified atom stereocenters. The number of hydrogen-bond acceptors (Lipinski definition) is 4. The monoisotopic (exact) mass is 346 g/mol. The molecule has 1 aliphatic carbocycles. The van der Waals surface area contributed by atoms with Gasteiger partial charge in [0.2, 0.25) is 5.91 Å². The number of thiophene rings is 2. The molecule has 2 amide bonds. The quantitative estimate of drug-likeness (QED) is 0.925. The number of rotatable bonds is 4. The summed E-state index contributed by atoms with van der Waals surface area (Å²) in [6, 6.07) is 5.99. The lowest BCUT2D eigenvalue weighted by Gasteiger charge is -2.33. The molecule has 2 aromatic rings. The predicted molar refractivity (Wildman–Crippen MR) is 91.8 cm³/mol. The van der Waals surface area contributed by atoms with Crippen molar-refractivity contribution in [3.05, 3.63) is 44.8 Å². The van der Waals surface area contributed by atoms with Gasteiger partial charge in [0.05, 0.1) is 17.3 Å². The highest BCUT2D eigenvalue weighted by Gasteiger charge is 2.47.